The predicted molar refractivity (Wildman–Crippen MR) is 88.4 cm³/mol. The van der Waals surface area contributed by atoms with Gasteiger partial charge in [0.15, 0.2) is 0 Å². The normalized spacial score (nSPS) is 26.9. The molecule has 0 aromatic heterocycles. The second-order valence-electron chi connectivity index (χ2n) is 6.26. The quantitative estimate of drug-likeness (QED) is 0.664. The second-order valence-corrected chi connectivity index (χ2v) is 7.91. The van der Waals surface area contributed by atoms with E-state index in [1.165, 1.54) is 22.8 Å². The van der Waals surface area contributed by atoms with Gasteiger partial charge in [-0.15, -0.1) is 0 Å². The zero-order valence-corrected chi connectivity index (χ0v) is 14.2. The van der Waals surface area contributed by atoms with Crippen LogP contribution in [0.4, 0.5) is 5.69 Å². The average molecular weight is 378 g/mol. The molecule has 1 fully saturated rings. The van der Waals surface area contributed by atoms with E-state index in [0.717, 1.165) is 10.7 Å². The van der Waals surface area contributed by atoms with Gasteiger partial charge in [0.1, 0.15) is 0 Å². The lowest BCUT2D eigenvalue weighted by Crippen LogP contribution is -2.36. The summed E-state index contributed by atoms with van der Waals surface area (Å²) in [6, 6.07) is 6.70. The molecule has 2 rings (SSSR count). The number of rotatable bonds is 2. The summed E-state index contributed by atoms with van der Waals surface area (Å²) < 4.78 is 1.23. The molecule has 2 atom stereocenters. The first-order chi connectivity index (χ1) is 8.37. The van der Waals surface area contributed by atoms with Gasteiger partial charge in [-0.1, -0.05) is 32.4 Å². The van der Waals surface area contributed by atoms with E-state index in [1.807, 2.05) is 12.1 Å². The van der Waals surface area contributed by atoms with Gasteiger partial charge in [-0.3, -0.25) is 0 Å². The number of anilines is 1. The van der Waals surface area contributed by atoms with Gasteiger partial charge in [0, 0.05) is 9.61 Å². The molecule has 1 N–H and O–H groups in total. The van der Waals surface area contributed by atoms with Gasteiger partial charge < -0.3 is 5.32 Å². The van der Waals surface area contributed by atoms with E-state index in [2.05, 4.69) is 54.7 Å². The fraction of sp³-hybridized carbons (Fsp3) is 0.600. The van der Waals surface area contributed by atoms with E-state index in [0.29, 0.717) is 17.4 Å². The lowest BCUT2D eigenvalue weighted by molar-refractivity contribution is 0.177. The molecule has 1 aromatic carbocycles. The first-order valence-corrected chi connectivity index (χ1v) is 8.05. The van der Waals surface area contributed by atoms with Crippen molar-refractivity contribution in [3.8, 4) is 0 Å². The average Bonchev–Trinajstić information content (AvgIpc) is 2.26. The van der Waals surface area contributed by atoms with Crippen LogP contribution in [-0.2, 0) is 0 Å². The van der Waals surface area contributed by atoms with Crippen LogP contribution < -0.4 is 5.32 Å². The van der Waals surface area contributed by atoms with Gasteiger partial charge in [-0.2, -0.15) is 0 Å². The highest BCUT2D eigenvalue weighted by Crippen LogP contribution is 2.40. The minimum atomic E-state index is 0.493. The Labute approximate surface area is 129 Å². The largest absolute Gasteiger partial charge is 0.381 e. The van der Waals surface area contributed by atoms with Gasteiger partial charge >= 0.3 is 0 Å². The maximum Gasteiger partial charge on any atom is 0.0638 e. The van der Waals surface area contributed by atoms with Crippen LogP contribution in [-0.4, -0.2) is 6.04 Å². The molecular formula is C15H21ClIN. The van der Waals surface area contributed by atoms with E-state index in [9.17, 15) is 0 Å². The zero-order valence-electron chi connectivity index (χ0n) is 11.3. The fourth-order valence-corrected chi connectivity index (χ4v) is 3.63. The molecule has 0 aliphatic heterocycles. The molecule has 18 heavy (non-hydrogen) atoms. The van der Waals surface area contributed by atoms with Crippen LogP contribution in [0.25, 0.3) is 0 Å². The molecule has 100 valence electrons. The third-order valence-corrected chi connectivity index (χ3v) is 4.96. The summed E-state index contributed by atoms with van der Waals surface area (Å²) >= 11 is 8.58. The van der Waals surface area contributed by atoms with E-state index < -0.39 is 0 Å². The van der Waals surface area contributed by atoms with Crippen molar-refractivity contribution in [1.82, 2.24) is 0 Å². The van der Waals surface area contributed by atoms with E-state index in [4.69, 9.17) is 11.6 Å². The number of hydrogen-bond donors (Lipinski definition) is 1. The van der Waals surface area contributed by atoms with Crippen LogP contribution in [0.5, 0.6) is 0 Å². The Balaban J connectivity index is 2.08. The Bertz CT molecular complexity index is 431. The molecule has 1 aromatic rings. The van der Waals surface area contributed by atoms with Crippen molar-refractivity contribution in [3.05, 3.63) is 26.8 Å². The van der Waals surface area contributed by atoms with Gasteiger partial charge in [-0.25, -0.2) is 0 Å². The van der Waals surface area contributed by atoms with Crippen LogP contribution in [0.1, 0.15) is 40.0 Å². The molecule has 0 spiro atoms. The molecule has 3 heteroatoms. The van der Waals surface area contributed by atoms with E-state index >= 15 is 0 Å². The molecule has 0 saturated heterocycles. The third-order valence-electron chi connectivity index (χ3n) is 3.96. The molecular weight excluding hydrogens is 357 g/mol. The van der Waals surface area contributed by atoms with Crippen LogP contribution >= 0.6 is 34.2 Å². The molecule has 0 bridgehead atoms. The fourth-order valence-electron chi connectivity index (χ4n) is 2.97. The number of nitrogens with one attached hydrogen (secondary N) is 1. The summed E-state index contributed by atoms with van der Waals surface area (Å²) in [6.45, 7) is 7.09. The van der Waals surface area contributed by atoms with Gasteiger partial charge in [0.05, 0.1) is 10.7 Å². The van der Waals surface area contributed by atoms with Crippen LogP contribution in [0, 0.1) is 14.9 Å². The number of benzene rings is 1. The maximum atomic E-state index is 6.25. The van der Waals surface area contributed by atoms with Crippen LogP contribution in [0.3, 0.4) is 0 Å². The third kappa shape index (κ3) is 3.53. The molecule has 1 saturated carbocycles. The standard InChI is InChI=1S/C15H21ClIN/c1-10-9-15(2,3)7-6-13(10)18-14-8-11(17)4-5-12(14)16/h4-5,8,10,13,18H,6-7,9H2,1-3H3. The first-order valence-electron chi connectivity index (χ1n) is 6.59. The highest BCUT2D eigenvalue weighted by molar-refractivity contribution is 14.1. The van der Waals surface area contributed by atoms with Crippen molar-refractivity contribution >= 4 is 39.9 Å². The van der Waals surface area contributed by atoms with Crippen molar-refractivity contribution in [1.29, 1.82) is 0 Å². The monoisotopic (exact) mass is 377 g/mol. The Morgan fingerprint density at radius 3 is 2.78 bits per heavy atom. The lowest BCUT2D eigenvalue weighted by Gasteiger charge is -2.40. The summed E-state index contributed by atoms with van der Waals surface area (Å²) in [4.78, 5) is 0. The Hall–Kier alpha value is 0.0400. The molecule has 2 unspecified atom stereocenters. The highest BCUT2D eigenvalue weighted by Gasteiger charge is 2.32. The molecule has 1 nitrogen and oxygen atoms in total. The molecule has 1 aliphatic rings. The lowest BCUT2D eigenvalue weighted by atomic mass is 9.70. The summed E-state index contributed by atoms with van der Waals surface area (Å²) in [5.41, 5.74) is 1.58. The maximum absolute atomic E-state index is 6.25. The molecule has 0 radical (unpaired) electrons. The summed E-state index contributed by atoms with van der Waals surface area (Å²) in [7, 11) is 0. The SMILES string of the molecule is CC1CC(C)(C)CCC1Nc1cc(I)ccc1Cl. The van der Waals surface area contributed by atoms with Gasteiger partial charge in [0.25, 0.3) is 0 Å². The summed E-state index contributed by atoms with van der Waals surface area (Å²) in [6.07, 6.45) is 3.80. The van der Waals surface area contributed by atoms with Crippen molar-refractivity contribution in [2.24, 2.45) is 11.3 Å². The Morgan fingerprint density at radius 1 is 1.39 bits per heavy atom. The number of halogens is 2. The van der Waals surface area contributed by atoms with Crippen molar-refractivity contribution in [2.45, 2.75) is 46.1 Å². The Kier molecular flexibility index (Phi) is 4.48. The summed E-state index contributed by atoms with van der Waals surface area (Å²) in [5, 5.41) is 4.47. The van der Waals surface area contributed by atoms with Crippen molar-refractivity contribution in [3.63, 3.8) is 0 Å². The number of hydrogen-bond acceptors (Lipinski definition) is 1. The highest BCUT2D eigenvalue weighted by atomic mass is 127. The van der Waals surface area contributed by atoms with Crippen molar-refractivity contribution < 1.29 is 0 Å². The Morgan fingerprint density at radius 2 is 2.11 bits per heavy atom. The van der Waals surface area contributed by atoms with Gasteiger partial charge in [-0.05, 0) is 71.4 Å². The zero-order chi connectivity index (χ0) is 13.3. The minimum Gasteiger partial charge on any atom is -0.381 e. The first kappa shape index (κ1) is 14.4. The molecule has 0 amide bonds. The topological polar surface area (TPSA) is 12.0 Å². The smallest absolute Gasteiger partial charge is 0.0638 e. The van der Waals surface area contributed by atoms with Crippen LogP contribution in [0.15, 0.2) is 18.2 Å². The molecule has 0 heterocycles. The summed E-state index contributed by atoms with van der Waals surface area (Å²) in [5.74, 6) is 0.697. The predicted octanol–water partition coefficient (Wildman–Crippen LogP) is 5.57. The second kappa shape index (κ2) is 5.58. The van der Waals surface area contributed by atoms with E-state index in [-0.39, 0.29) is 0 Å². The molecule has 1 aliphatic carbocycles. The minimum absolute atomic E-state index is 0.493. The van der Waals surface area contributed by atoms with Gasteiger partial charge in [0.2, 0.25) is 0 Å². The van der Waals surface area contributed by atoms with E-state index in [1.54, 1.807) is 0 Å². The van der Waals surface area contributed by atoms with Crippen molar-refractivity contribution in [2.75, 3.05) is 5.32 Å². The van der Waals surface area contributed by atoms with Crippen LogP contribution in [0.2, 0.25) is 5.02 Å².